The van der Waals surface area contributed by atoms with Gasteiger partial charge in [-0.05, 0) is 64.0 Å². The molecule has 2 rings (SSSR count). The largest absolute Gasteiger partial charge is 0.495 e. The molecule has 0 saturated heterocycles. The number of ether oxygens (including phenoxy) is 1. The maximum Gasteiger partial charge on any atom is 0.137 e. The maximum atomic E-state index is 6.54. The second kappa shape index (κ2) is 6.66. The third-order valence-electron chi connectivity index (χ3n) is 2.70. The number of methoxy groups -OCH3 is 1. The molecule has 0 radical (unpaired) electrons. The quantitative estimate of drug-likeness (QED) is 0.391. The Morgan fingerprint density at radius 3 is 2.58 bits per heavy atom. The molecule has 0 bridgehead atoms. The van der Waals surface area contributed by atoms with Crippen LogP contribution >= 0.6 is 61.7 Å². The van der Waals surface area contributed by atoms with E-state index < -0.39 is 0 Å². The van der Waals surface area contributed by atoms with E-state index in [1.807, 2.05) is 30.3 Å². The Hall–Kier alpha value is 0.0300. The second-order valence-electron chi connectivity index (χ2n) is 3.92. The van der Waals surface area contributed by atoms with Gasteiger partial charge in [0.05, 0.1) is 17.5 Å². The monoisotopic (exact) mass is 470 g/mol. The van der Waals surface area contributed by atoms with Gasteiger partial charge in [-0.1, -0.05) is 33.6 Å². The molecule has 0 aliphatic rings. The van der Waals surface area contributed by atoms with Gasteiger partial charge in [0, 0.05) is 8.04 Å². The van der Waals surface area contributed by atoms with Crippen molar-refractivity contribution in [2.75, 3.05) is 7.11 Å². The molecule has 0 aliphatic heterocycles. The number of benzene rings is 2. The molecule has 1 nitrogen and oxygen atoms in total. The fourth-order valence-electron chi connectivity index (χ4n) is 1.73. The summed E-state index contributed by atoms with van der Waals surface area (Å²) >= 11 is 18.5. The predicted molar refractivity (Wildman–Crippen MR) is 92.6 cm³/mol. The summed E-state index contributed by atoms with van der Waals surface area (Å²) in [6.07, 6.45) is 0. The summed E-state index contributed by atoms with van der Waals surface area (Å²) < 4.78 is 7.27. The molecule has 0 N–H and O–H groups in total. The van der Waals surface area contributed by atoms with Crippen LogP contribution in [0, 0.1) is 3.57 Å². The van der Waals surface area contributed by atoms with Gasteiger partial charge in [-0.3, -0.25) is 0 Å². The molecule has 1 atom stereocenters. The fourth-order valence-corrected chi connectivity index (χ4v) is 3.43. The minimum absolute atomic E-state index is 0.257. The molecule has 1 unspecified atom stereocenters. The van der Waals surface area contributed by atoms with E-state index in [1.165, 1.54) is 0 Å². The number of rotatable bonds is 3. The molecule has 0 aliphatic carbocycles. The van der Waals surface area contributed by atoms with E-state index in [-0.39, 0.29) is 5.38 Å². The summed E-state index contributed by atoms with van der Waals surface area (Å²) in [5, 5.41) is 0.305. The SMILES string of the molecule is COc1ccc(C(Cl)c2cc(I)ccc2Br)cc1Cl. The summed E-state index contributed by atoms with van der Waals surface area (Å²) in [7, 11) is 1.59. The normalized spacial score (nSPS) is 12.3. The number of hydrogen-bond donors (Lipinski definition) is 0. The minimum Gasteiger partial charge on any atom is -0.495 e. The van der Waals surface area contributed by atoms with Crippen molar-refractivity contribution in [2.45, 2.75) is 5.38 Å². The van der Waals surface area contributed by atoms with Crippen LogP contribution in [-0.2, 0) is 0 Å². The summed E-state index contributed by atoms with van der Waals surface area (Å²) in [4.78, 5) is 0. The average molecular weight is 472 g/mol. The highest BCUT2D eigenvalue weighted by atomic mass is 127. The van der Waals surface area contributed by atoms with Gasteiger partial charge in [0.25, 0.3) is 0 Å². The zero-order chi connectivity index (χ0) is 14.0. The maximum absolute atomic E-state index is 6.54. The van der Waals surface area contributed by atoms with Crippen molar-refractivity contribution >= 4 is 61.7 Å². The summed E-state index contributed by atoms with van der Waals surface area (Å²) in [6, 6.07) is 11.7. The molecule has 0 fully saturated rings. The van der Waals surface area contributed by atoms with E-state index >= 15 is 0 Å². The van der Waals surface area contributed by atoms with Crippen molar-refractivity contribution < 1.29 is 4.74 Å². The summed E-state index contributed by atoms with van der Waals surface area (Å²) in [5.74, 6) is 0.649. The number of alkyl halides is 1. The lowest BCUT2D eigenvalue weighted by atomic mass is 10.0. The highest BCUT2D eigenvalue weighted by molar-refractivity contribution is 14.1. The molecular weight excluding hydrogens is 462 g/mol. The second-order valence-corrected chi connectivity index (χ2v) is 6.87. The van der Waals surface area contributed by atoms with Crippen LogP contribution in [-0.4, -0.2) is 7.11 Å². The molecule has 0 heterocycles. The molecule has 2 aromatic rings. The van der Waals surface area contributed by atoms with Crippen molar-refractivity contribution in [3.8, 4) is 5.75 Å². The lowest BCUT2D eigenvalue weighted by Crippen LogP contribution is -1.96. The van der Waals surface area contributed by atoms with Crippen LogP contribution in [0.2, 0.25) is 5.02 Å². The first kappa shape index (κ1) is 15.4. The Bertz CT molecular complexity index is 604. The number of hydrogen-bond acceptors (Lipinski definition) is 1. The van der Waals surface area contributed by atoms with Crippen molar-refractivity contribution in [1.29, 1.82) is 0 Å². The molecule has 0 amide bonds. The Morgan fingerprint density at radius 2 is 1.95 bits per heavy atom. The molecule has 2 aromatic carbocycles. The van der Waals surface area contributed by atoms with Crippen molar-refractivity contribution in [2.24, 2.45) is 0 Å². The van der Waals surface area contributed by atoms with Crippen LogP contribution in [0.3, 0.4) is 0 Å². The average Bonchev–Trinajstić information content (AvgIpc) is 2.40. The van der Waals surface area contributed by atoms with Gasteiger partial charge in [-0.15, -0.1) is 11.6 Å². The lowest BCUT2D eigenvalue weighted by molar-refractivity contribution is 0.415. The zero-order valence-electron chi connectivity index (χ0n) is 9.96. The van der Waals surface area contributed by atoms with E-state index in [9.17, 15) is 0 Å². The van der Waals surface area contributed by atoms with Crippen molar-refractivity contribution in [3.63, 3.8) is 0 Å². The molecule has 19 heavy (non-hydrogen) atoms. The van der Waals surface area contributed by atoms with Crippen LogP contribution in [0.5, 0.6) is 5.75 Å². The Morgan fingerprint density at radius 1 is 1.21 bits per heavy atom. The highest BCUT2D eigenvalue weighted by Crippen LogP contribution is 2.37. The first-order valence-corrected chi connectivity index (χ1v) is 8.14. The van der Waals surface area contributed by atoms with Crippen LogP contribution < -0.4 is 4.74 Å². The molecule has 0 spiro atoms. The smallest absolute Gasteiger partial charge is 0.137 e. The third kappa shape index (κ3) is 3.57. The van der Waals surface area contributed by atoms with Gasteiger partial charge in [0.15, 0.2) is 0 Å². The van der Waals surface area contributed by atoms with E-state index in [2.05, 4.69) is 44.6 Å². The molecular formula is C14H10BrCl2IO. The van der Waals surface area contributed by atoms with Gasteiger partial charge in [-0.2, -0.15) is 0 Å². The van der Waals surface area contributed by atoms with Gasteiger partial charge in [-0.25, -0.2) is 0 Å². The van der Waals surface area contributed by atoms with E-state index in [4.69, 9.17) is 27.9 Å². The number of halogens is 4. The molecule has 5 heteroatoms. The fraction of sp³-hybridized carbons (Fsp3) is 0.143. The predicted octanol–water partition coefficient (Wildman–Crippen LogP) is 6.04. The first-order chi connectivity index (χ1) is 9.02. The Balaban J connectivity index is 2.41. The molecule has 100 valence electrons. The topological polar surface area (TPSA) is 9.23 Å². The van der Waals surface area contributed by atoms with Crippen molar-refractivity contribution in [3.05, 3.63) is 60.6 Å². The minimum atomic E-state index is -0.257. The van der Waals surface area contributed by atoms with E-state index in [1.54, 1.807) is 7.11 Å². The summed E-state index contributed by atoms with van der Waals surface area (Å²) in [5.41, 5.74) is 1.96. The summed E-state index contributed by atoms with van der Waals surface area (Å²) in [6.45, 7) is 0. The van der Waals surface area contributed by atoms with Crippen molar-refractivity contribution in [1.82, 2.24) is 0 Å². The highest BCUT2D eigenvalue weighted by Gasteiger charge is 2.16. The third-order valence-corrected chi connectivity index (χ3v) is 4.88. The Labute approximate surface area is 144 Å². The molecule has 0 aromatic heterocycles. The molecule has 0 saturated carbocycles. The van der Waals surface area contributed by atoms with E-state index in [0.717, 1.165) is 19.2 Å². The first-order valence-electron chi connectivity index (χ1n) is 5.45. The Kier molecular flexibility index (Phi) is 5.40. The van der Waals surface area contributed by atoms with E-state index in [0.29, 0.717) is 10.8 Å². The van der Waals surface area contributed by atoms with Gasteiger partial charge >= 0.3 is 0 Å². The lowest BCUT2D eigenvalue weighted by Gasteiger charge is -2.14. The van der Waals surface area contributed by atoms with Crippen LogP contribution in [0.15, 0.2) is 40.9 Å². The van der Waals surface area contributed by atoms with Crippen LogP contribution in [0.1, 0.15) is 16.5 Å². The zero-order valence-corrected chi connectivity index (χ0v) is 15.2. The van der Waals surface area contributed by atoms with Gasteiger partial charge in [0.1, 0.15) is 5.75 Å². The standard InChI is InChI=1S/C14H10BrCl2IO/c1-19-13-5-2-8(6-12(13)16)14(17)10-7-9(18)3-4-11(10)15/h2-7,14H,1H3. The van der Waals surface area contributed by atoms with Gasteiger partial charge in [0.2, 0.25) is 0 Å². The van der Waals surface area contributed by atoms with Crippen LogP contribution in [0.4, 0.5) is 0 Å². The van der Waals surface area contributed by atoms with Gasteiger partial charge < -0.3 is 4.74 Å². The van der Waals surface area contributed by atoms with Crippen LogP contribution in [0.25, 0.3) is 0 Å².